The summed E-state index contributed by atoms with van der Waals surface area (Å²) in [4.78, 5) is 29.9. The molecule has 2 aromatic carbocycles. The summed E-state index contributed by atoms with van der Waals surface area (Å²) in [5.41, 5.74) is 0.837. The van der Waals surface area contributed by atoms with Crippen LogP contribution in [0, 0.1) is 11.6 Å². The highest BCUT2D eigenvalue weighted by Crippen LogP contribution is 2.38. The molecule has 1 aromatic heterocycles. The molecule has 0 bridgehead atoms. The van der Waals surface area contributed by atoms with Gasteiger partial charge in [-0.05, 0) is 42.7 Å². The van der Waals surface area contributed by atoms with E-state index in [9.17, 15) is 23.5 Å². The van der Waals surface area contributed by atoms with Gasteiger partial charge in [-0.3, -0.25) is 15.2 Å². The van der Waals surface area contributed by atoms with Crippen LogP contribution in [0.3, 0.4) is 0 Å². The SMILES string of the molecule is CN(CCC[C@H]1OC(=O)Nc2ccc(Cl)c(F)c21)C(=O)c1n[nH]c(C(O)c2ccc(F)cc2)n1. The number of carbonyl (C=O) groups excluding carboxylic acids is 2. The number of cyclic esters (lactones) is 1. The number of rotatable bonds is 7. The first-order valence-electron chi connectivity index (χ1n) is 10.3. The molecule has 4 rings (SSSR count). The normalized spacial score (nSPS) is 15.8. The topological polar surface area (TPSA) is 120 Å². The molecule has 1 aliphatic heterocycles. The van der Waals surface area contributed by atoms with Crippen LogP contribution in [0.15, 0.2) is 36.4 Å². The number of hydrogen-bond acceptors (Lipinski definition) is 6. The van der Waals surface area contributed by atoms with Gasteiger partial charge < -0.3 is 14.7 Å². The van der Waals surface area contributed by atoms with Gasteiger partial charge in [-0.15, -0.1) is 5.10 Å². The zero-order chi connectivity index (χ0) is 24.4. The third-order valence-electron chi connectivity index (χ3n) is 5.39. The first kappa shape index (κ1) is 23.6. The quantitative estimate of drug-likeness (QED) is 0.460. The van der Waals surface area contributed by atoms with Crippen LogP contribution in [-0.2, 0) is 4.74 Å². The summed E-state index contributed by atoms with van der Waals surface area (Å²) in [6.07, 6.45) is -2.14. The maximum Gasteiger partial charge on any atom is 0.412 e. The first-order valence-corrected chi connectivity index (χ1v) is 10.7. The molecule has 3 N–H and O–H groups in total. The third-order valence-corrected chi connectivity index (χ3v) is 5.68. The lowest BCUT2D eigenvalue weighted by Gasteiger charge is -2.27. The summed E-state index contributed by atoms with van der Waals surface area (Å²) >= 11 is 5.86. The minimum atomic E-state index is -1.21. The summed E-state index contributed by atoms with van der Waals surface area (Å²) in [5.74, 6) is -1.74. The van der Waals surface area contributed by atoms with Crippen LogP contribution in [0.5, 0.6) is 0 Å². The van der Waals surface area contributed by atoms with Gasteiger partial charge in [0.25, 0.3) is 5.91 Å². The lowest BCUT2D eigenvalue weighted by atomic mass is 10.0. The number of nitrogens with zero attached hydrogens (tertiary/aromatic N) is 3. The number of H-pyrrole nitrogens is 1. The van der Waals surface area contributed by atoms with Gasteiger partial charge in [0.15, 0.2) is 11.6 Å². The van der Waals surface area contributed by atoms with E-state index < -0.39 is 35.8 Å². The molecule has 2 atom stereocenters. The van der Waals surface area contributed by atoms with E-state index in [1.807, 2.05) is 0 Å². The third kappa shape index (κ3) is 4.85. The highest BCUT2D eigenvalue weighted by Gasteiger charge is 2.30. The molecule has 1 unspecified atom stereocenters. The number of aliphatic hydroxyl groups is 1. The zero-order valence-corrected chi connectivity index (χ0v) is 18.6. The molecule has 0 radical (unpaired) electrons. The maximum absolute atomic E-state index is 14.5. The Hall–Kier alpha value is -3.57. The number of ether oxygens (including phenoxy) is 1. The summed E-state index contributed by atoms with van der Waals surface area (Å²) < 4.78 is 32.8. The van der Waals surface area contributed by atoms with Crippen molar-refractivity contribution < 1.29 is 28.2 Å². The molecule has 0 aliphatic carbocycles. The molecule has 3 aromatic rings. The number of anilines is 1. The van der Waals surface area contributed by atoms with E-state index in [0.29, 0.717) is 17.7 Å². The molecule has 9 nitrogen and oxygen atoms in total. The number of hydrogen-bond donors (Lipinski definition) is 3. The number of benzene rings is 2. The molecular weight excluding hydrogens is 472 g/mol. The fourth-order valence-corrected chi connectivity index (χ4v) is 3.77. The Bertz CT molecular complexity index is 1220. The number of nitrogens with one attached hydrogen (secondary N) is 2. The summed E-state index contributed by atoms with van der Waals surface area (Å²) in [7, 11) is 1.54. The second-order valence-electron chi connectivity index (χ2n) is 7.71. The molecule has 2 heterocycles. The van der Waals surface area contributed by atoms with E-state index in [2.05, 4.69) is 20.5 Å². The Morgan fingerprint density at radius 2 is 2.00 bits per heavy atom. The number of fused-ring (bicyclic) bond motifs is 1. The first-order chi connectivity index (χ1) is 16.2. The Morgan fingerprint density at radius 1 is 1.26 bits per heavy atom. The summed E-state index contributed by atoms with van der Waals surface area (Å²) in [6.45, 7) is 0.238. The fraction of sp³-hybridized carbons (Fsp3) is 0.273. The predicted molar refractivity (Wildman–Crippen MR) is 117 cm³/mol. The average Bonchev–Trinajstić information content (AvgIpc) is 3.31. The van der Waals surface area contributed by atoms with Crippen LogP contribution in [0.2, 0.25) is 5.02 Å². The standard InChI is InChI=1S/C22H20ClF2N5O4/c1-30(10-2-3-15-16-14(26-22(33)34-15)9-8-13(23)17(16)25)21(32)20-27-19(28-29-20)18(31)11-4-6-12(24)7-5-11/h4-9,15,18,31H,2-3,10H2,1H3,(H,26,33)(H,27,28,29)/t15-,18?/m1/s1. The molecule has 2 amide bonds. The molecule has 0 spiro atoms. The minimum absolute atomic E-state index is 0.0361. The molecule has 34 heavy (non-hydrogen) atoms. The lowest BCUT2D eigenvalue weighted by molar-refractivity contribution is 0.0749. The Kier molecular flexibility index (Phi) is 6.75. The van der Waals surface area contributed by atoms with Crippen molar-refractivity contribution in [2.75, 3.05) is 18.9 Å². The second kappa shape index (κ2) is 9.74. The van der Waals surface area contributed by atoms with E-state index in [1.165, 1.54) is 48.3 Å². The molecule has 0 fully saturated rings. The smallest absolute Gasteiger partial charge is 0.412 e. The van der Waals surface area contributed by atoms with E-state index in [1.54, 1.807) is 0 Å². The van der Waals surface area contributed by atoms with Crippen LogP contribution in [0.1, 0.15) is 52.6 Å². The lowest BCUT2D eigenvalue weighted by Crippen LogP contribution is -2.30. The van der Waals surface area contributed by atoms with E-state index in [-0.39, 0.29) is 35.2 Å². The number of aromatic amines is 1. The van der Waals surface area contributed by atoms with E-state index >= 15 is 0 Å². The van der Waals surface area contributed by atoms with Crippen LogP contribution in [0.25, 0.3) is 0 Å². The van der Waals surface area contributed by atoms with Crippen molar-refractivity contribution in [1.82, 2.24) is 20.1 Å². The highest BCUT2D eigenvalue weighted by molar-refractivity contribution is 6.31. The van der Waals surface area contributed by atoms with Gasteiger partial charge in [0.1, 0.15) is 18.0 Å². The van der Waals surface area contributed by atoms with Crippen molar-refractivity contribution in [2.45, 2.75) is 25.0 Å². The monoisotopic (exact) mass is 491 g/mol. The van der Waals surface area contributed by atoms with Crippen molar-refractivity contribution in [3.05, 3.63) is 75.8 Å². The Morgan fingerprint density at radius 3 is 2.74 bits per heavy atom. The molecule has 0 saturated carbocycles. The fourth-order valence-electron chi connectivity index (χ4n) is 3.60. The van der Waals surface area contributed by atoms with Gasteiger partial charge in [0.2, 0.25) is 5.82 Å². The van der Waals surface area contributed by atoms with Gasteiger partial charge in [-0.25, -0.2) is 18.6 Å². The van der Waals surface area contributed by atoms with Crippen molar-refractivity contribution in [1.29, 1.82) is 0 Å². The number of amides is 2. The summed E-state index contributed by atoms with van der Waals surface area (Å²) in [6, 6.07) is 8.06. The highest BCUT2D eigenvalue weighted by atomic mass is 35.5. The maximum atomic E-state index is 14.5. The van der Waals surface area contributed by atoms with Crippen LogP contribution >= 0.6 is 11.6 Å². The van der Waals surface area contributed by atoms with Gasteiger partial charge >= 0.3 is 6.09 Å². The number of carbonyl (C=O) groups is 2. The van der Waals surface area contributed by atoms with E-state index in [4.69, 9.17) is 16.3 Å². The number of aromatic nitrogens is 3. The second-order valence-corrected chi connectivity index (χ2v) is 8.12. The zero-order valence-electron chi connectivity index (χ0n) is 17.9. The largest absolute Gasteiger partial charge is 0.441 e. The van der Waals surface area contributed by atoms with Gasteiger partial charge in [0.05, 0.1) is 16.3 Å². The van der Waals surface area contributed by atoms with Crippen LogP contribution in [0.4, 0.5) is 19.3 Å². The number of aliphatic hydroxyl groups excluding tert-OH is 1. The van der Waals surface area contributed by atoms with Gasteiger partial charge in [0, 0.05) is 13.6 Å². The molecule has 1 aliphatic rings. The number of halogens is 3. The Labute approximate surface area is 197 Å². The molecular formula is C22H20ClF2N5O4. The average molecular weight is 492 g/mol. The predicted octanol–water partition coefficient (Wildman–Crippen LogP) is 3.97. The van der Waals surface area contributed by atoms with Crippen molar-refractivity contribution >= 4 is 29.3 Å². The van der Waals surface area contributed by atoms with Crippen molar-refractivity contribution in [2.24, 2.45) is 0 Å². The van der Waals surface area contributed by atoms with Gasteiger partial charge in [-0.1, -0.05) is 23.7 Å². The van der Waals surface area contributed by atoms with Crippen molar-refractivity contribution in [3.8, 4) is 0 Å². The minimum Gasteiger partial charge on any atom is -0.441 e. The van der Waals surface area contributed by atoms with Crippen LogP contribution in [-0.4, -0.2) is 50.8 Å². The molecule has 0 saturated heterocycles. The van der Waals surface area contributed by atoms with Crippen LogP contribution < -0.4 is 5.32 Å². The van der Waals surface area contributed by atoms with Crippen molar-refractivity contribution in [3.63, 3.8) is 0 Å². The Balaban J connectivity index is 1.37. The molecule has 12 heteroatoms. The summed E-state index contributed by atoms with van der Waals surface area (Å²) in [5, 5.41) is 19.1. The molecule has 178 valence electrons. The van der Waals surface area contributed by atoms with Gasteiger partial charge in [-0.2, -0.15) is 0 Å². The van der Waals surface area contributed by atoms with E-state index in [0.717, 1.165) is 0 Å².